The number of thiazole rings is 1. The van der Waals surface area contributed by atoms with Crippen LogP contribution in [0.15, 0.2) is 70.6 Å². The van der Waals surface area contributed by atoms with Crippen LogP contribution in [0.1, 0.15) is 11.3 Å². The molecule has 0 saturated carbocycles. The van der Waals surface area contributed by atoms with Crippen molar-refractivity contribution in [2.75, 3.05) is 18.5 Å². The molecule has 0 saturated heterocycles. The molecular formula is C25H20Cl2N6O2S. The highest BCUT2D eigenvalue weighted by atomic mass is 35.5. The van der Waals surface area contributed by atoms with Gasteiger partial charge < -0.3 is 10.1 Å². The summed E-state index contributed by atoms with van der Waals surface area (Å²) in [5.74, 6) is 0.428. The predicted molar refractivity (Wildman–Crippen MR) is 144 cm³/mol. The molecule has 36 heavy (non-hydrogen) atoms. The topological polar surface area (TPSA) is 85.8 Å². The van der Waals surface area contributed by atoms with E-state index in [4.69, 9.17) is 33.0 Å². The molecule has 0 bridgehead atoms. The van der Waals surface area contributed by atoms with E-state index in [1.165, 1.54) is 11.3 Å². The van der Waals surface area contributed by atoms with Crippen molar-refractivity contribution in [1.29, 1.82) is 0 Å². The molecule has 1 aliphatic heterocycles. The molecule has 1 aliphatic rings. The summed E-state index contributed by atoms with van der Waals surface area (Å²) in [7, 11) is 0. The Morgan fingerprint density at radius 3 is 2.83 bits per heavy atom. The molecule has 1 N–H and O–H groups in total. The second-order valence-electron chi connectivity index (χ2n) is 7.82. The molecule has 5 rings (SSSR count). The van der Waals surface area contributed by atoms with Crippen molar-refractivity contribution in [2.24, 2.45) is 10.1 Å². The third-order valence-electron chi connectivity index (χ3n) is 5.37. The molecule has 0 spiro atoms. The molecule has 11 heteroatoms. The number of amides is 1. The third-order valence-corrected chi connectivity index (χ3v) is 6.84. The number of halogens is 2. The van der Waals surface area contributed by atoms with Gasteiger partial charge in [0.1, 0.15) is 10.9 Å². The summed E-state index contributed by atoms with van der Waals surface area (Å²) in [4.78, 5) is 17.0. The lowest BCUT2D eigenvalue weighted by Crippen LogP contribution is -2.25. The monoisotopic (exact) mass is 538 g/mol. The predicted octanol–water partition coefficient (Wildman–Crippen LogP) is 5.32. The van der Waals surface area contributed by atoms with Crippen molar-refractivity contribution >= 4 is 52.3 Å². The average Bonchev–Trinajstić information content (AvgIpc) is 3.41. The second-order valence-corrected chi connectivity index (χ2v) is 9.45. The Hall–Kier alpha value is -3.66. The van der Waals surface area contributed by atoms with Gasteiger partial charge in [-0.25, -0.2) is 9.36 Å². The van der Waals surface area contributed by atoms with E-state index in [1.807, 2.05) is 42.6 Å². The number of hydrogen-bond donors (Lipinski definition) is 1. The smallest absolute Gasteiger partial charge is 0.262 e. The zero-order valence-corrected chi connectivity index (χ0v) is 21.4. The van der Waals surface area contributed by atoms with Crippen molar-refractivity contribution in [3.05, 3.63) is 86.7 Å². The molecule has 0 radical (unpaired) electrons. The van der Waals surface area contributed by atoms with Gasteiger partial charge in [0.15, 0.2) is 6.61 Å². The quantitative estimate of drug-likeness (QED) is 0.266. The molecule has 182 valence electrons. The normalized spacial score (nSPS) is 13.5. The number of nitrogens with zero attached hydrogens (tertiary/aromatic N) is 5. The minimum absolute atomic E-state index is 0.00346. The van der Waals surface area contributed by atoms with Gasteiger partial charge in [-0.05, 0) is 49.4 Å². The van der Waals surface area contributed by atoms with Crippen LogP contribution >= 0.6 is 34.5 Å². The Bertz CT molecular complexity index is 1570. The van der Waals surface area contributed by atoms with Gasteiger partial charge in [0.05, 0.1) is 41.1 Å². The summed E-state index contributed by atoms with van der Waals surface area (Å²) in [5, 5.41) is 15.2. The number of aromatic nitrogens is 3. The van der Waals surface area contributed by atoms with Crippen LogP contribution in [0.4, 0.5) is 5.69 Å². The summed E-state index contributed by atoms with van der Waals surface area (Å²) < 4.78 is 8.86. The van der Waals surface area contributed by atoms with E-state index in [9.17, 15) is 4.79 Å². The van der Waals surface area contributed by atoms with Crippen LogP contribution in [-0.4, -0.2) is 39.7 Å². The number of aryl methyl sites for hydroxylation is 1. The summed E-state index contributed by atoms with van der Waals surface area (Å²) in [6, 6.07) is 12.9. The van der Waals surface area contributed by atoms with Crippen LogP contribution < -0.4 is 14.9 Å². The van der Waals surface area contributed by atoms with Gasteiger partial charge in [-0.3, -0.25) is 9.79 Å². The SMILES string of the molecule is C=CCN=c1scc(-c2ccc3c(c2)NC(=O)CO3)n1N=Cc1c(C)nn(-c2ccc(Cl)cc2)c1Cl. The molecule has 0 fully saturated rings. The molecule has 0 unspecified atom stereocenters. The number of anilines is 1. The van der Waals surface area contributed by atoms with E-state index in [2.05, 4.69) is 22.0 Å². The van der Waals surface area contributed by atoms with E-state index >= 15 is 0 Å². The Balaban J connectivity index is 1.57. The molecular weight excluding hydrogens is 519 g/mol. The first-order valence-electron chi connectivity index (χ1n) is 10.9. The molecule has 2 aromatic carbocycles. The summed E-state index contributed by atoms with van der Waals surface area (Å²) >= 11 is 14.2. The van der Waals surface area contributed by atoms with Gasteiger partial charge in [0, 0.05) is 16.0 Å². The van der Waals surface area contributed by atoms with E-state index in [0.29, 0.717) is 44.2 Å². The van der Waals surface area contributed by atoms with Crippen molar-refractivity contribution < 1.29 is 9.53 Å². The van der Waals surface area contributed by atoms with Gasteiger partial charge in [0.25, 0.3) is 5.91 Å². The Morgan fingerprint density at radius 2 is 2.06 bits per heavy atom. The minimum Gasteiger partial charge on any atom is -0.482 e. The van der Waals surface area contributed by atoms with Gasteiger partial charge in [-0.15, -0.1) is 17.9 Å². The van der Waals surface area contributed by atoms with Gasteiger partial charge in [-0.2, -0.15) is 10.2 Å². The van der Waals surface area contributed by atoms with E-state index in [0.717, 1.165) is 16.9 Å². The molecule has 0 aliphatic carbocycles. The molecule has 2 aromatic heterocycles. The lowest BCUT2D eigenvalue weighted by molar-refractivity contribution is -0.118. The van der Waals surface area contributed by atoms with Crippen LogP contribution in [0.2, 0.25) is 10.2 Å². The van der Waals surface area contributed by atoms with E-state index < -0.39 is 0 Å². The zero-order chi connectivity index (χ0) is 25.2. The van der Waals surface area contributed by atoms with Crippen molar-refractivity contribution in [1.82, 2.24) is 14.5 Å². The average molecular weight is 539 g/mol. The van der Waals surface area contributed by atoms with Crippen LogP contribution in [0.25, 0.3) is 16.9 Å². The van der Waals surface area contributed by atoms with Crippen LogP contribution in [0.5, 0.6) is 5.75 Å². The summed E-state index contributed by atoms with van der Waals surface area (Å²) in [6.07, 6.45) is 3.39. The van der Waals surface area contributed by atoms with Crippen LogP contribution in [0.3, 0.4) is 0 Å². The fourth-order valence-electron chi connectivity index (χ4n) is 3.63. The van der Waals surface area contributed by atoms with Crippen molar-refractivity contribution in [3.63, 3.8) is 0 Å². The largest absolute Gasteiger partial charge is 0.482 e. The number of rotatable bonds is 6. The number of carbonyl (C=O) groups excluding carboxylic acids is 1. The number of nitrogens with one attached hydrogen (secondary N) is 1. The molecule has 3 heterocycles. The first-order chi connectivity index (χ1) is 17.4. The second kappa shape index (κ2) is 10.1. The number of benzene rings is 2. The Labute approximate surface area is 220 Å². The third kappa shape index (κ3) is 4.73. The van der Waals surface area contributed by atoms with Crippen LogP contribution in [0, 0.1) is 6.92 Å². The fourth-order valence-corrected chi connectivity index (χ4v) is 4.92. The lowest BCUT2D eigenvalue weighted by Gasteiger charge is -2.18. The highest BCUT2D eigenvalue weighted by Gasteiger charge is 2.18. The molecule has 4 aromatic rings. The van der Waals surface area contributed by atoms with Crippen LogP contribution in [-0.2, 0) is 4.79 Å². The molecule has 8 nitrogen and oxygen atoms in total. The van der Waals surface area contributed by atoms with Gasteiger partial charge in [0.2, 0.25) is 4.80 Å². The fraction of sp³-hybridized carbons (Fsp3) is 0.120. The molecule has 1 amide bonds. The number of hydrogen-bond acceptors (Lipinski definition) is 6. The summed E-state index contributed by atoms with van der Waals surface area (Å²) in [6.45, 7) is 6.07. The number of carbonyl (C=O) groups is 1. The standard InChI is InChI=1S/C25H20Cl2N6O2S/c1-3-10-28-25-33(21(14-36-25)16-4-9-22-20(11-16)30-23(34)13-35-22)29-12-19-15(2)31-32(24(19)27)18-7-5-17(26)6-8-18/h3-9,11-12,14H,1,10,13H2,2H3,(H,30,34). The number of fused-ring (bicyclic) bond motifs is 1. The van der Waals surface area contributed by atoms with E-state index in [1.54, 1.807) is 33.8 Å². The Kier molecular flexibility index (Phi) is 6.77. The number of ether oxygens (including phenoxy) is 1. The van der Waals surface area contributed by atoms with Gasteiger partial charge >= 0.3 is 0 Å². The minimum atomic E-state index is -0.194. The first-order valence-corrected chi connectivity index (χ1v) is 12.5. The zero-order valence-electron chi connectivity index (χ0n) is 19.1. The van der Waals surface area contributed by atoms with Crippen molar-refractivity contribution in [2.45, 2.75) is 6.92 Å². The van der Waals surface area contributed by atoms with E-state index in [-0.39, 0.29) is 12.5 Å². The summed E-state index contributed by atoms with van der Waals surface area (Å²) in [5.41, 5.74) is 4.42. The highest BCUT2D eigenvalue weighted by Crippen LogP contribution is 2.33. The Morgan fingerprint density at radius 1 is 1.25 bits per heavy atom. The lowest BCUT2D eigenvalue weighted by atomic mass is 10.1. The van der Waals surface area contributed by atoms with Gasteiger partial charge in [-0.1, -0.05) is 29.3 Å². The first kappa shape index (κ1) is 24.1. The van der Waals surface area contributed by atoms with Crippen molar-refractivity contribution in [3.8, 4) is 22.7 Å². The maximum Gasteiger partial charge on any atom is 0.262 e. The maximum atomic E-state index is 11.8. The maximum absolute atomic E-state index is 11.8. The highest BCUT2D eigenvalue weighted by molar-refractivity contribution is 7.07. The molecule has 0 atom stereocenters.